The van der Waals surface area contributed by atoms with Crippen LogP contribution in [0.1, 0.15) is 41.7 Å². The fraction of sp³-hybridized carbons (Fsp3) is 0.286. The Balaban J connectivity index is 1.72. The lowest BCUT2D eigenvalue weighted by Crippen LogP contribution is -2.21. The van der Waals surface area contributed by atoms with Gasteiger partial charge in [-0.15, -0.1) is 10.2 Å². The Morgan fingerprint density at radius 2 is 1.93 bits per heavy atom. The van der Waals surface area contributed by atoms with Crippen LogP contribution < -0.4 is 0 Å². The largest absolute Gasteiger partial charge is 0.296 e. The van der Waals surface area contributed by atoms with E-state index in [4.69, 9.17) is 16.6 Å². The molecule has 136 valence electrons. The highest BCUT2D eigenvalue weighted by molar-refractivity contribution is 6.31. The van der Waals surface area contributed by atoms with E-state index in [1.807, 2.05) is 30.3 Å². The predicted octanol–water partition coefficient (Wildman–Crippen LogP) is 4.04. The number of fused-ring (bicyclic) bond motifs is 3. The van der Waals surface area contributed by atoms with E-state index in [1.54, 1.807) is 0 Å². The zero-order valence-corrected chi connectivity index (χ0v) is 15.9. The summed E-state index contributed by atoms with van der Waals surface area (Å²) in [5.74, 6) is 1.87. The third-order valence-corrected chi connectivity index (χ3v) is 5.69. The van der Waals surface area contributed by atoms with Gasteiger partial charge in [-0.05, 0) is 44.6 Å². The minimum absolute atomic E-state index is 0.285. The molecule has 0 spiro atoms. The first-order valence-electron chi connectivity index (χ1n) is 9.27. The van der Waals surface area contributed by atoms with Crippen molar-refractivity contribution in [3.05, 3.63) is 76.3 Å². The molecule has 3 heterocycles. The van der Waals surface area contributed by atoms with Gasteiger partial charge in [0.2, 0.25) is 0 Å². The van der Waals surface area contributed by atoms with Crippen LogP contribution in [0.2, 0.25) is 5.02 Å². The summed E-state index contributed by atoms with van der Waals surface area (Å²) in [6.45, 7) is 1.59. The average Bonchev–Trinajstić information content (AvgIpc) is 3.25. The van der Waals surface area contributed by atoms with Crippen LogP contribution in [0.25, 0.3) is 5.69 Å². The second kappa shape index (κ2) is 6.59. The quantitative estimate of drug-likeness (QED) is 0.677. The zero-order valence-electron chi connectivity index (χ0n) is 15.1. The van der Waals surface area contributed by atoms with Crippen LogP contribution in [0.15, 0.2) is 53.5 Å². The minimum atomic E-state index is 0.285. The Morgan fingerprint density at radius 1 is 1.07 bits per heavy atom. The standard InChI is InChI=1S/C21H20ClN5/c1-26-11-5-8-18(26)21-25-24-19-13-23-20(14-6-3-2-4-7-14)16-12-15(22)9-10-17(16)27(19)21/h2-4,6-7,9-10,12,18H,5,8,11,13H2,1H3. The predicted molar refractivity (Wildman–Crippen MR) is 107 cm³/mol. The molecule has 2 aromatic carbocycles. The molecule has 1 fully saturated rings. The lowest BCUT2D eigenvalue weighted by atomic mass is 10.0. The van der Waals surface area contributed by atoms with E-state index >= 15 is 0 Å². The molecule has 0 N–H and O–H groups in total. The molecule has 0 amide bonds. The van der Waals surface area contributed by atoms with Crippen LogP contribution >= 0.6 is 11.6 Å². The normalized spacial score (nSPS) is 19.3. The fourth-order valence-electron chi connectivity index (χ4n) is 4.12. The molecule has 2 aliphatic rings. The molecule has 5 rings (SSSR count). The number of halogens is 1. The number of hydrogen-bond acceptors (Lipinski definition) is 4. The summed E-state index contributed by atoms with van der Waals surface area (Å²) in [7, 11) is 2.16. The number of benzene rings is 2. The Hall–Kier alpha value is -2.50. The fourth-order valence-corrected chi connectivity index (χ4v) is 4.29. The smallest absolute Gasteiger partial charge is 0.159 e. The monoisotopic (exact) mass is 377 g/mol. The summed E-state index contributed by atoms with van der Waals surface area (Å²) >= 11 is 6.37. The van der Waals surface area contributed by atoms with Gasteiger partial charge in [-0.2, -0.15) is 0 Å². The van der Waals surface area contributed by atoms with Gasteiger partial charge in [-0.3, -0.25) is 14.5 Å². The van der Waals surface area contributed by atoms with Crippen molar-refractivity contribution in [3.63, 3.8) is 0 Å². The van der Waals surface area contributed by atoms with Crippen molar-refractivity contribution in [2.45, 2.75) is 25.4 Å². The molecule has 0 radical (unpaired) electrons. The highest BCUT2D eigenvalue weighted by atomic mass is 35.5. The molecule has 0 aliphatic carbocycles. The number of hydrogen-bond donors (Lipinski definition) is 0. The Morgan fingerprint density at radius 3 is 2.70 bits per heavy atom. The molecule has 6 heteroatoms. The summed E-state index contributed by atoms with van der Waals surface area (Å²) in [5, 5.41) is 9.75. The number of likely N-dealkylation sites (tertiary alicyclic amines) is 1. The highest BCUT2D eigenvalue weighted by Gasteiger charge is 2.31. The molecule has 27 heavy (non-hydrogen) atoms. The first kappa shape index (κ1) is 16.7. The van der Waals surface area contributed by atoms with Gasteiger partial charge in [-0.25, -0.2) is 0 Å². The maximum atomic E-state index is 6.37. The average molecular weight is 378 g/mol. The van der Waals surface area contributed by atoms with Gasteiger partial charge in [0.1, 0.15) is 6.54 Å². The number of aromatic nitrogens is 3. The summed E-state index contributed by atoms with van der Waals surface area (Å²) in [4.78, 5) is 7.26. The molecule has 1 saturated heterocycles. The third-order valence-electron chi connectivity index (χ3n) is 5.45. The van der Waals surface area contributed by atoms with Gasteiger partial charge < -0.3 is 0 Å². The SMILES string of the molecule is CN1CCCC1c1nnc2n1-c1ccc(Cl)cc1C(c1ccccc1)=NC2. The molecule has 2 aliphatic heterocycles. The van der Waals surface area contributed by atoms with Crippen LogP contribution in [0, 0.1) is 0 Å². The molecule has 0 bridgehead atoms. The maximum Gasteiger partial charge on any atom is 0.159 e. The summed E-state index contributed by atoms with van der Waals surface area (Å²) in [6, 6.07) is 16.5. The summed E-state index contributed by atoms with van der Waals surface area (Å²) in [5.41, 5.74) is 4.10. The van der Waals surface area contributed by atoms with E-state index in [1.165, 1.54) is 6.42 Å². The van der Waals surface area contributed by atoms with Gasteiger partial charge in [0.05, 0.1) is 17.4 Å². The topological polar surface area (TPSA) is 46.3 Å². The van der Waals surface area contributed by atoms with Crippen molar-refractivity contribution in [2.24, 2.45) is 4.99 Å². The van der Waals surface area contributed by atoms with Crippen LogP contribution in [0.5, 0.6) is 0 Å². The third kappa shape index (κ3) is 2.78. The van der Waals surface area contributed by atoms with Crippen molar-refractivity contribution in [1.29, 1.82) is 0 Å². The van der Waals surface area contributed by atoms with Crippen molar-refractivity contribution in [1.82, 2.24) is 19.7 Å². The minimum Gasteiger partial charge on any atom is -0.296 e. The first-order valence-corrected chi connectivity index (χ1v) is 9.65. The Kier molecular flexibility index (Phi) is 4.06. The Labute approximate surface area is 163 Å². The van der Waals surface area contributed by atoms with E-state index in [-0.39, 0.29) is 6.04 Å². The molecule has 5 nitrogen and oxygen atoms in total. The number of rotatable bonds is 2. The number of aliphatic imine (C=N–C) groups is 1. The maximum absolute atomic E-state index is 6.37. The molecule has 0 saturated carbocycles. The Bertz CT molecular complexity index is 1020. The van der Waals surface area contributed by atoms with Crippen LogP contribution in [0.3, 0.4) is 0 Å². The van der Waals surface area contributed by atoms with Crippen molar-refractivity contribution in [2.75, 3.05) is 13.6 Å². The molecular formula is C21H20ClN5. The number of nitrogens with zero attached hydrogens (tertiary/aromatic N) is 5. The van der Waals surface area contributed by atoms with Crippen LogP contribution in [0.4, 0.5) is 0 Å². The molecule has 1 atom stereocenters. The zero-order chi connectivity index (χ0) is 18.4. The van der Waals surface area contributed by atoms with Crippen molar-refractivity contribution < 1.29 is 0 Å². The van der Waals surface area contributed by atoms with Gasteiger partial charge in [0.15, 0.2) is 11.6 Å². The van der Waals surface area contributed by atoms with E-state index in [0.29, 0.717) is 11.6 Å². The molecule has 3 aromatic rings. The molecule has 1 unspecified atom stereocenters. The second-order valence-corrected chi connectivity index (χ2v) is 7.58. The van der Waals surface area contributed by atoms with E-state index in [2.05, 4.69) is 44.9 Å². The van der Waals surface area contributed by atoms with Crippen molar-refractivity contribution in [3.8, 4) is 5.69 Å². The second-order valence-electron chi connectivity index (χ2n) is 7.14. The molecule has 1 aromatic heterocycles. The van der Waals surface area contributed by atoms with Crippen LogP contribution in [-0.4, -0.2) is 39.0 Å². The highest BCUT2D eigenvalue weighted by Crippen LogP contribution is 2.34. The van der Waals surface area contributed by atoms with Gasteiger partial charge in [-0.1, -0.05) is 41.9 Å². The summed E-state index contributed by atoms with van der Waals surface area (Å²) < 4.78 is 2.19. The van der Waals surface area contributed by atoms with Crippen LogP contribution in [-0.2, 0) is 6.54 Å². The van der Waals surface area contributed by atoms with Crippen molar-refractivity contribution >= 4 is 17.3 Å². The lowest BCUT2D eigenvalue weighted by Gasteiger charge is -2.21. The van der Waals surface area contributed by atoms with E-state index in [0.717, 1.165) is 47.1 Å². The van der Waals surface area contributed by atoms with Gasteiger partial charge in [0.25, 0.3) is 0 Å². The first-order chi connectivity index (χ1) is 13.2. The lowest BCUT2D eigenvalue weighted by molar-refractivity contribution is 0.302. The molecular weight excluding hydrogens is 358 g/mol. The van der Waals surface area contributed by atoms with E-state index < -0.39 is 0 Å². The van der Waals surface area contributed by atoms with Gasteiger partial charge >= 0.3 is 0 Å². The van der Waals surface area contributed by atoms with Gasteiger partial charge in [0, 0.05) is 16.1 Å². The van der Waals surface area contributed by atoms with E-state index in [9.17, 15) is 0 Å². The summed E-state index contributed by atoms with van der Waals surface area (Å²) in [6.07, 6.45) is 2.28.